The maximum absolute atomic E-state index is 13.4. The zero-order valence-electron chi connectivity index (χ0n) is 17.2. The lowest BCUT2D eigenvalue weighted by Crippen LogP contribution is -2.51. The topological polar surface area (TPSA) is 40.6 Å². The molecule has 0 bridgehead atoms. The fourth-order valence-corrected chi connectivity index (χ4v) is 5.89. The molecule has 2 saturated heterocycles. The number of fused-ring (bicyclic) bond motifs is 1. The van der Waals surface area contributed by atoms with E-state index in [2.05, 4.69) is 34.1 Å². The van der Waals surface area contributed by atoms with Crippen LogP contribution in [-0.2, 0) is 16.0 Å². The number of carbonyl (C=O) groups is 2. The predicted molar refractivity (Wildman–Crippen MR) is 111 cm³/mol. The average Bonchev–Trinajstić information content (AvgIpc) is 3.31. The Balaban J connectivity index is 1.59. The zero-order chi connectivity index (χ0) is 19.5. The van der Waals surface area contributed by atoms with Crippen LogP contribution in [0.3, 0.4) is 0 Å². The number of carbonyl (C=O) groups excluding carboxylic acids is 2. The molecular formula is C24H34N2O2. The molecule has 1 aliphatic carbocycles. The van der Waals surface area contributed by atoms with Crippen molar-refractivity contribution in [1.82, 2.24) is 9.80 Å². The molecule has 152 valence electrons. The number of hydrogen-bond donors (Lipinski definition) is 0. The molecule has 0 N–H and O–H groups in total. The van der Waals surface area contributed by atoms with Crippen LogP contribution in [0.15, 0.2) is 30.3 Å². The summed E-state index contributed by atoms with van der Waals surface area (Å²) in [5.74, 6) is 0.763. The van der Waals surface area contributed by atoms with Crippen molar-refractivity contribution < 1.29 is 9.59 Å². The van der Waals surface area contributed by atoms with Gasteiger partial charge >= 0.3 is 0 Å². The molecular weight excluding hydrogens is 348 g/mol. The molecule has 0 unspecified atom stereocenters. The van der Waals surface area contributed by atoms with E-state index in [4.69, 9.17) is 0 Å². The van der Waals surface area contributed by atoms with E-state index in [-0.39, 0.29) is 30.0 Å². The normalized spacial score (nSPS) is 28.7. The van der Waals surface area contributed by atoms with Gasteiger partial charge in [-0.2, -0.15) is 0 Å². The first-order chi connectivity index (χ1) is 13.6. The molecule has 2 aliphatic heterocycles. The van der Waals surface area contributed by atoms with Crippen LogP contribution < -0.4 is 0 Å². The summed E-state index contributed by atoms with van der Waals surface area (Å²) in [6.07, 6.45) is 10.8. The third kappa shape index (κ3) is 3.97. The number of rotatable bonds is 3. The molecule has 0 aromatic heterocycles. The van der Waals surface area contributed by atoms with Crippen molar-refractivity contribution in [2.24, 2.45) is 5.92 Å². The van der Waals surface area contributed by atoms with Gasteiger partial charge in [0.25, 0.3) is 0 Å². The van der Waals surface area contributed by atoms with Gasteiger partial charge in [-0.25, -0.2) is 0 Å². The Kier molecular flexibility index (Phi) is 6.03. The van der Waals surface area contributed by atoms with E-state index in [0.717, 1.165) is 57.9 Å². The Morgan fingerprint density at radius 1 is 0.929 bits per heavy atom. The van der Waals surface area contributed by atoms with Crippen LogP contribution in [0.25, 0.3) is 0 Å². The quantitative estimate of drug-likeness (QED) is 0.787. The van der Waals surface area contributed by atoms with Gasteiger partial charge < -0.3 is 9.80 Å². The van der Waals surface area contributed by atoms with E-state index in [9.17, 15) is 9.59 Å². The van der Waals surface area contributed by atoms with Crippen LogP contribution in [-0.4, -0.2) is 46.3 Å². The Morgan fingerprint density at radius 2 is 1.64 bits per heavy atom. The molecule has 2 amide bonds. The molecule has 4 nitrogen and oxygen atoms in total. The lowest BCUT2D eigenvalue weighted by Gasteiger charge is -2.38. The smallest absolute Gasteiger partial charge is 0.226 e. The van der Waals surface area contributed by atoms with E-state index >= 15 is 0 Å². The minimum Gasteiger partial charge on any atom is -0.337 e. The van der Waals surface area contributed by atoms with E-state index in [1.807, 2.05) is 6.07 Å². The van der Waals surface area contributed by atoms with E-state index in [1.165, 1.54) is 18.4 Å². The van der Waals surface area contributed by atoms with Crippen molar-refractivity contribution in [3.05, 3.63) is 35.9 Å². The molecule has 28 heavy (non-hydrogen) atoms. The lowest BCUT2D eigenvalue weighted by molar-refractivity contribution is -0.140. The van der Waals surface area contributed by atoms with Gasteiger partial charge in [0.2, 0.25) is 11.8 Å². The second-order valence-electron chi connectivity index (χ2n) is 9.00. The van der Waals surface area contributed by atoms with Gasteiger partial charge in [0.1, 0.15) is 0 Å². The lowest BCUT2D eigenvalue weighted by atomic mass is 9.94. The van der Waals surface area contributed by atoms with Crippen LogP contribution in [0.5, 0.6) is 0 Å². The fraction of sp³-hybridized carbons (Fsp3) is 0.667. The first-order valence-corrected chi connectivity index (χ1v) is 11.3. The third-order valence-corrected chi connectivity index (χ3v) is 7.17. The van der Waals surface area contributed by atoms with E-state index in [1.54, 1.807) is 6.92 Å². The average molecular weight is 383 g/mol. The molecule has 3 atom stereocenters. The van der Waals surface area contributed by atoms with Gasteiger partial charge in [0.15, 0.2) is 0 Å². The summed E-state index contributed by atoms with van der Waals surface area (Å²) in [6, 6.07) is 11.1. The largest absolute Gasteiger partial charge is 0.337 e. The number of amides is 2. The van der Waals surface area contributed by atoms with Crippen molar-refractivity contribution >= 4 is 11.8 Å². The zero-order valence-corrected chi connectivity index (χ0v) is 17.2. The van der Waals surface area contributed by atoms with Crippen LogP contribution in [0.2, 0.25) is 0 Å². The Hall–Kier alpha value is -1.84. The van der Waals surface area contributed by atoms with Gasteiger partial charge in [0.05, 0.1) is 12.1 Å². The monoisotopic (exact) mass is 382 g/mol. The van der Waals surface area contributed by atoms with E-state index in [0.29, 0.717) is 5.91 Å². The summed E-state index contributed by atoms with van der Waals surface area (Å²) < 4.78 is 0. The maximum Gasteiger partial charge on any atom is 0.226 e. The van der Waals surface area contributed by atoms with Gasteiger partial charge in [-0.15, -0.1) is 0 Å². The number of hydrogen-bond acceptors (Lipinski definition) is 2. The highest BCUT2D eigenvalue weighted by Gasteiger charge is 2.47. The van der Waals surface area contributed by atoms with Crippen molar-refractivity contribution in [2.45, 2.75) is 89.3 Å². The Bertz CT molecular complexity index is 683. The van der Waals surface area contributed by atoms with Crippen molar-refractivity contribution in [1.29, 1.82) is 0 Å². The molecule has 0 spiro atoms. The number of likely N-dealkylation sites (tertiary alicyclic amines) is 2. The van der Waals surface area contributed by atoms with Gasteiger partial charge in [0, 0.05) is 25.4 Å². The third-order valence-electron chi connectivity index (χ3n) is 7.17. The summed E-state index contributed by atoms with van der Waals surface area (Å²) in [4.78, 5) is 30.4. The van der Waals surface area contributed by atoms with Crippen molar-refractivity contribution in [3.63, 3.8) is 0 Å². The molecule has 1 saturated carbocycles. The standard InChI is InChI=1S/C24H34N2O2/c1-18(27)26-21(16-19-10-4-2-5-11-19)17-23-22(26)14-6-3-9-15-25(23)24(28)20-12-7-8-13-20/h2,4-5,10-11,20-23H,3,6-9,12-17H2,1H3/t21-,22-,23+/m1/s1. The molecule has 2 heterocycles. The Labute approximate surface area is 169 Å². The molecule has 1 aromatic rings. The minimum atomic E-state index is 0.169. The molecule has 4 rings (SSSR count). The van der Waals surface area contributed by atoms with Crippen molar-refractivity contribution in [3.8, 4) is 0 Å². The second kappa shape index (κ2) is 8.67. The molecule has 1 aromatic carbocycles. The minimum absolute atomic E-state index is 0.169. The number of nitrogens with zero attached hydrogens (tertiary/aromatic N) is 2. The SMILES string of the molecule is CC(=O)N1[C@H](Cc2ccccc2)C[C@H]2[C@H]1CCCCCN2C(=O)C1CCCC1. The highest BCUT2D eigenvalue weighted by Crippen LogP contribution is 2.37. The van der Waals surface area contributed by atoms with Crippen LogP contribution >= 0.6 is 0 Å². The molecule has 3 fully saturated rings. The fourth-order valence-electron chi connectivity index (χ4n) is 5.89. The second-order valence-corrected chi connectivity index (χ2v) is 9.00. The summed E-state index contributed by atoms with van der Waals surface area (Å²) in [7, 11) is 0. The maximum atomic E-state index is 13.4. The highest BCUT2D eigenvalue weighted by molar-refractivity contribution is 5.80. The first-order valence-electron chi connectivity index (χ1n) is 11.3. The van der Waals surface area contributed by atoms with Crippen LogP contribution in [0.1, 0.15) is 70.3 Å². The molecule has 0 radical (unpaired) electrons. The van der Waals surface area contributed by atoms with Crippen LogP contribution in [0.4, 0.5) is 0 Å². The predicted octanol–water partition coefficient (Wildman–Crippen LogP) is 4.18. The van der Waals surface area contributed by atoms with Gasteiger partial charge in [-0.1, -0.05) is 56.0 Å². The summed E-state index contributed by atoms with van der Waals surface area (Å²) in [6.45, 7) is 2.59. The molecule has 4 heteroatoms. The van der Waals surface area contributed by atoms with E-state index < -0.39 is 0 Å². The first kappa shape index (κ1) is 19.5. The number of benzene rings is 1. The highest BCUT2D eigenvalue weighted by atomic mass is 16.2. The van der Waals surface area contributed by atoms with Gasteiger partial charge in [-0.3, -0.25) is 9.59 Å². The molecule has 3 aliphatic rings. The van der Waals surface area contributed by atoms with Gasteiger partial charge in [-0.05, 0) is 44.1 Å². The Morgan fingerprint density at radius 3 is 2.36 bits per heavy atom. The van der Waals surface area contributed by atoms with Crippen LogP contribution in [0, 0.1) is 5.92 Å². The summed E-state index contributed by atoms with van der Waals surface area (Å²) in [5.41, 5.74) is 1.28. The summed E-state index contributed by atoms with van der Waals surface area (Å²) >= 11 is 0. The summed E-state index contributed by atoms with van der Waals surface area (Å²) in [5, 5.41) is 0. The van der Waals surface area contributed by atoms with Crippen molar-refractivity contribution in [2.75, 3.05) is 6.54 Å².